The van der Waals surface area contributed by atoms with Gasteiger partial charge in [0, 0.05) is 46.7 Å². The summed E-state index contributed by atoms with van der Waals surface area (Å²) in [4.78, 5) is 13.7. The van der Waals surface area contributed by atoms with Crippen molar-refractivity contribution in [3.05, 3.63) is 42.0 Å². The zero-order valence-corrected chi connectivity index (χ0v) is 52.2. The molecule has 25 nitrogen and oxygen atoms in total. The number of benzene rings is 1. The van der Waals surface area contributed by atoms with Gasteiger partial charge in [-0.3, -0.25) is 0 Å². The Morgan fingerprint density at radius 3 is 1.81 bits per heavy atom. The van der Waals surface area contributed by atoms with E-state index in [2.05, 4.69) is 6.92 Å². The first-order chi connectivity index (χ1) is 41.7. The van der Waals surface area contributed by atoms with Crippen molar-refractivity contribution in [1.29, 1.82) is 0 Å². The third-order valence-corrected chi connectivity index (χ3v) is 22.2. The van der Waals surface area contributed by atoms with Gasteiger partial charge in [0.05, 0.1) is 72.6 Å². The van der Waals surface area contributed by atoms with Crippen molar-refractivity contribution in [2.75, 3.05) is 27.9 Å². The van der Waals surface area contributed by atoms with Gasteiger partial charge in [0.15, 0.2) is 31.5 Å². The van der Waals surface area contributed by atoms with Gasteiger partial charge in [0.25, 0.3) is 0 Å². The van der Waals surface area contributed by atoms with Gasteiger partial charge in [-0.25, -0.2) is 4.79 Å². The minimum atomic E-state index is -1.90. The fraction of sp³-hybridized carbons (Fsp3) is 0.857. The first-order valence-electron chi connectivity index (χ1n) is 31.6. The first-order valence-corrected chi connectivity index (χ1v) is 31.6. The molecule has 5 heterocycles. The van der Waals surface area contributed by atoms with Crippen molar-refractivity contribution in [3.63, 3.8) is 0 Å². The summed E-state index contributed by atoms with van der Waals surface area (Å²) in [6.07, 6.45) is -18.1. The van der Waals surface area contributed by atoms with Crippen LogP contribution in [0.15, 0.2) is 36.4 Å². The maximum Gasteiger partial charge on any atom is 0.331 e. The Labute approximate surface area is 514 Å². The zero-order valence-electron chi connectivity index (χ0n) is 52.2. The van der Waals surface area contributed by atoms with Crippen LogP contribution in [0.5, 0.6) is 0 Å². The number of rotatable bonds is 18. The summed E-state index contributed by atoms with van der Waals surface area (Å²) in [5.74, 6) is -1.15. The van der Waals surface area contributed by atoms with Gasteiger partial charge in [-0.05, 0) is 115 Å². The number of hydrogen-bond acceptors (Lipinski definition) is 25. The van der Waals surface area contributed by atoms with Crippen LogP contribution in [0.2, 0.25) is 0 Å². The summed E-state index contributed by atoms with van der Waals surface area (Å²) < 4.78 is 86.9. The van der Waals surface area contributed by atoms with Gasteiger partial charge in [-0.1, -0.05) is 44.2 Å². The van der Waals surface area contributed by atoms with E-state index in [1.165, 1.54) is 27.2 Å². The van der Waals surface area contributed by atoms with Crippen molar-refractivity contribution in [2.45, 2.75) is 289 Å². The van der Waals surface area contributed by atoms with E-state index in [1.54, 1.807) is 34.0 Å². The Morgan fingerprint density at radius 2 is 1.20 bits per heavy atom. The number of carbonyl (C=O) groups excluding carboxylic acids is 1. The highest BCUT2D eigenvalue weighted by atomic mass is 16.8. The fourth-order valence-electron chi connectivity index (χ4n) is 17.1. The molecule has 0 unspecified atom stereocenters. The summed E-state index contributed by atoms with van der Waals surface area (Å²) in [6.45, 7) is 11.7. The molecule has 4 saturated carbocycles. The molecule has 4 aliphatic carbocycles. The van der Waals surface area contributed by atoms with E-state index in [4.69, 9.17) is 66.3 Å². The van der Waals surface area contributed by atoms with Crippen molar-refractivity contribution in [2.24, 2.45) is 22.7 Å². The summed E-state index contributed by atoms with van der Waals surface area (Å²) in [5, 5.41) is 114. The second-order valence-corrected chi connectivity index (χ2v) is 27.0. The van der Waals surface area contributed by atoms with Crippen LogP contribution >= 0.6 is 0 Å². The van der Waals surface area contributed by atoms with Crippen LogP contribution in [0.1, 0.15) is 125 Å². The molecule has 0 amide bonds. The molecular weight excluding hydrogens is 1160 g/mol. The van der Waals surface area contributed by atoms with Crippen molar-refractivity contribution >= 4 is 12.0 Å². The molecule has 1 aromatic rings. The van der Waals surface area contributed by atoms with Gasteiger partial charge in [0.1, 0.15) is 78.3 Å². The summed E-state index contributed by atoms with van der Waals surface area (Å²) >= 11 is 0. The molecule has 0 bridgehead atoms. The molecule has 9 aliphatic rings. The van der Waals surface area contributed by atoms with Gasteiger partial charge in [-0.15, -0.1) is 0 Å². The second kappa shape index (κ2) is 27.1. The van der Waals surface area contributed by atoms with Crippen LogP contribution in [0, 0.1) is 22.7 Å². The maximum atomic E-state index is 13.7. The van der Waals surface area contributed by atoms with E-state index in [-0.39, 0.29) is 57.0 Å². The molecule has 0 radical (unpaired) electrons. The Hall–Kier alpha value is -2.49. The molecule has 5 aliphatic heterocycles. The number of methoxy groups -OCH3 is 3. The van der Waals surface area contributed by atoms with Crippen LogP contribution in [0.4, 0.5) is 0 Å². The van der Waals surface area contributed by atoms with Gasteiger partial charge in [-0.2, -0.15) is 0 Å². The molecule has 10 rings (SSSR count). The second-order valence-electron chi connectivity index (χ2n) is 27.0. The van der Waals surface area contributed by atoms with E-state index in [9.17, 15) is 55.9 Å². The van der Waals surface area contributed by atoms with E-state index in [0.717, 1.165) is 5.56 Å². The molecule has 5 saturated heterocycles. The Bertz CT molecular complexity index is 2480. The molecule has 500 valence electrons. The highest BCUT2D eigenvalue weighted by molar-refractivity contribution is 5.87. The predicted molar refractivity (Wildman–Crippen MR) is 306 cm³/mol. The number of esters is 1. The van der Waals surface area contributed by atoms with Gasteiger partial charge < -0.3 is 117 Å². The Balaban J connectivity index is 0.712. The lowest BCUT2D eigenvalue weighted by Gasteiger charge is -2.69. The quantitative estimate of drug-likeness (QED) is 0.0562. The maximum absolute atomic E-state index is 13.7. The number of fused-ring (bicyclic) bond motifs is 5. The molecular formula is C63H98O25. The van der Waals surface area contributed by atoms with Crippen LogP contribution in [0.3, 0.4) is 0 Å². The molecule has 32 atom stereocenters. The zero-order chi connectivity index (χ0) is 63.6. The summed E-state index contributed by atoms with van der Waals surface area (Å²) in [7, 11) is 4.44. The third kappa shape index (κ3) is 12.4. The van der Waals surface area contributed by atoms with E-state index in [1.807, 2.05) is 44.2 Å². The average Bonchev–Trinajstić information content (AvgIpc) is 1.33. The minimum absolute atomic E-state index is 0.00491. The van der Waals surface area contributed by atoms with E-state index in [0.29, 0.717) is 25.7 Å². The minimum Gasteiger partial charge on any atom is -0.458 e. The molecule has 0 spiro atoms. The van der Waals surface area contributed by atoms with Gasteiger partial charge >= 0.3 is 5.97 Å². The van der Waals surface area contributed by atoms with Crippen LogP contribution in [-0.2, 0) is 71.1 Å². The number of ether oxygens (including phenoxy) is 14. The SMILES string of the molecule is CO[C@@H]1[C@@H](O)[C@H](O[C@@H]2[C@@H](C)O[C@@H](O[C@H]3[C@@H](OC)C[C@H](O[C@H]4[C@@H](O)C[C@H](O[C@H]5CC[C@@]6(C)[C@@H](CC[C@]7(O)[C@@H]6C[C@@H](OC(=O)/C=C/c6ccccc6)[C@@]6(C)[C@]7(O)CC[C@@]6(O)[C@H](C)O)C5)O[C@@H]4C)O[C@@H]3C)C[C@H]2OC)O[C@H](C)[C@H]1O[C@@H]1O[C@H](CO)[C@@H](O)[C@H](O)[C@H]1O. The molecule has 25 heteroatoms. The summed E-state index contributed by atoms with van der Waals surface area (Å²) in [5.41, 5.74) is -6.78. The first kappa shape index (κ1) is 68.4. The molecule has 88 heavy (non-hydrogen) atoms. The van der Waals surface area contributed by atoms with Gasteiger partial charge in [0.2, 0.25) is 0 Å². The average molecular weight is 1260 g/mol. The third-order valence-electron chi connectivity index (χ3n) is 22.2. The lowest BCUT2D eigenvalue weighted by molar-refractivity contribution is -0.374. The van der Waals surface area contributed by atoms with Crippen LogP contribution < -0.4 is 0 Å². The monoisotopic (exact) mass is 1250 g/mol. The fourth-order valence-corrected chi connectivity index (χ4v) is 17.1. The van der Waals surface area contributed by atoms with Crippen molar-refractivity contribution < 1.29 is 122 Å². The number of carbonyl (C=O) groups is 1. The van der Waals surface area contributed by atoms with Crippen LogP contribution in [-0.4, -0.2) is 255 Å². The van der Waals surface area contributed by atoms with E-state index >= 15 is 0 Å². The topological polar surface area (TPSA) is 349 Å². The van der Waals surface area contributed by atoms with E-state index < -0.39 is 194 Å². The van der Waals surface area contributed by atoms with Crippen molar-refractivity contribution in [3.8, 4) is 0 Å². The predicted octanol–water partition coefficient (Wildman–Crippen LogP) is 1.25. The Morgan fingerprint density at radius 1 is 0.625 bits per heavy atom. The Kier molecular flexibility index (Phi) is 21.0. The molecule has 0 aromatic heterocycles. The molecule has 1 aromatic carbocycles. The largest absolute Gasteiger partial charge is 0.458 e. The molecule has 9 fully saturated rings. The highest BCUT2D eigenvalue weighted by Gasteiger charge is 2.81. The summed E-state index contributed by atoms with van der Waals surface area (Å²) in [6, 6.07) is 9.29. The lowest BCUT2D eigenvalue weighted by atomic mass is 9.40. The number of hydrogen-bond donors (Lipinski definition) is 10. The lowest BCUT2D eigenvalue weighted by Crippen LogP contribution is -2.79. The van der Waals surface area contributed by atoms with Crippen molar-refractivity contribution in [1.82, 2.24) is 0 Å². The number of aliphatic hydroxyl groups is 10. The molecule has 10 N–H and O–H groups in total. The normalized spacial score (nSPS) is 51.0. The highest BCUT2D eigenvalue weighted by Crippen LogP contribution is 2.72. The van der Waals surface area contributed by atoms with Crippen LogP contribution in [0.25, 0.3) is 6.08 Å². The standard InChI is InChI=1S/C63H98O25/c1-30-52(85-46-26-39(75-8)53(31(2)79-46)86-47-27-40(76-9)54(32(3)80-47)87-58-51(71)56(77-10)55(33(4)81-58)88-57-50(70)49(69)48(68)41(29-64)83-57)38(66)25-45(78-30)82-37-19-20-59(6)36(24-37)18-21-62(73)42(59)28-43(84-44(67)17-16-35-14-12-11-13-15-35)60(7)61(72,34(5)65)22-23-63(60,62)74/h11-17,30-34,36-43,45-58,64-66,68-74H,18-29H2,1-10H3/b17-16+/t30-,31-,32-,33-,34+,36+,37+,38+,39+,40-,41-,42-,43-,45+,46+,47+,48-,49+,50-,51-,52-,53-,54-,55-,56-,57+,58+,59+,60-,61-,62+,63-/m1/s1. The number of aliphatic hydroxyl groups excluding tert-OH is 7. The smallest absolute Gasteiger partial charge is 0.331 e.